The van der Waals surface area contributed by atoms with Gasteiger partial charge < -0.3 is 5.11 Å². The Morgan fingerprint density at radius 2 is 2.26 bits per heavy atom. The summed E-state index contributed by atoms with van der Waals surface area (Å²) in [6.45, 7) is 1.19. The third-order valence-corrected chi connectivity index (χ3v) is 5.38. The highest BCUT2D eigenvalue weighted by Crippen LogP contribution is 2.28. The van der Waals surface area contributed by atoms with Crippen LogP contribution in [0.15, 0.2) is 17.3 Å². The van der Waals surface area contributed by atoms with Gasteiger partial charge in [0.05, 0.1) is 6.20 Å². The van der Waals surface area contributed by atoms with Crippen LogP contribution in [0.25, 0.3) is 0 Å². The largest absolute Gasteiger partial charge is 0.396 e. The van der Waals surface area contributed by atoms with Gasteiger partial charge in [-0.15, -0.1) is 0 Å². The quantitative estimate of drug-likeness (QED) is 0.800. The van der Waals surface area contributed by atoms with Crippen LogP contribution in [-0.4, -0.2) is 47.8 Å². The molecule has 0 atom stereocenters. The molecule has 1 aliphatic rings. The van der Waals surface area contributed by atoms with Gasteiger partial charge in [0.1, 0.15) is 4.90 Å². The molecule has 1 aromatic heterocycles. The Bertz CT molecular complexity index is 508. The molecule has 0 radical (unpaired) electrons. The smallest absolute Gasteiger partial charge is 0.245 e. The fraction of sp³-hybridized carbons (Fsp3) is 0.750. The summed E-state index contributed by atoms with van der Waals surface area (Å²) in [5.74, 6) is 0.504. The molecule has 0 aliphatic heterocycles. The number of aliphatic hydroxyl groups excluding tert-OH is 1. The van der Waals surface area contributed by atoms with E-state index in [1.165, 1.54) is 23.1 Å². The van der Waals surface area contributed by atoms with Gasteiger partial charge in [-0.05, 0) is 25.2 Å². The molecule has 2 rings (SSSR count). The molecule has 0 unspecified atom stereocenters. The Hall–Kier alpha value is -0.920. The first kappa shape index (κ1) is 14.5. The molecule has 0 saturated heterocycles. The van der Waals surface area contributed by atoms with E-state index >= 15 is 0 Å². The molecule has 1 saturated carbocycles. The first-order valence-electron chi connectivity index (χ1n) is 6.63. The van der Waals surface area contributed by atoms with E-state index in [-0.39, 0.29) is 11.5 Å². The first-order valence-corrected chi connectivity index (χ1v) is 8.07. The van der Waals surface area contributed by atoms with Gasteiger partial charge in [0, 0.05) is 32.9 Å². The fourth-order valence-corrected chi connectivity index (χ4v) is 3.35. The highest BCUT2D eigenvalue weighted by atomic mass is 32.2. The third kappa shape index (κ3) is 3.34. The van der Waals surface area contributed by atoms with Crippen molar-refractivity contribution < 1.29 is 13.5 Å². The summed E-state index contributed by atoms with van der Waals surface area (Å²) in [7, 11) is -1.80. The zero-order chi connectivity index (χ0) is 13.9. The molecule has 0 aromatic carbocycles. The number of sulfonamides is 1. The summed E-state index contributed by atoms with van der Waals surface area (Å²) >= 11 is 0. The van der Waals surface area contributed by atoms with Gasteiger partial charge in [-0.2, -0.15) is 5.10 Å². The summed E-state index contributed by atoms with van der Waals surface area (Å²) in [6.07, 6.45) is 6.92. The first-order chi connectivity index (χ1) is 9.04. The monoisotopic (exact) mass is 287 g/mol. The van der Waals surface area contributed by atoms with E-state index in [1.54, 1.807) is 11.7 Å². The number of aliphatic hydroxyl groups is 1. The Kier molecular flexibility index (Phi) is 4.59. The second kappa shape index (κ2) is 6.02. The number of nitrogens with zero attached hydrogens (tertiary/aromatic N) is 3. The summed E-state index contributed by atoms with van der Waals surface area (Å²) < 4.78 is 27.6. The van der Waals surface area contributed by atoms with E-state index in [9.17, 15) is 8.42 Å². The molecule has 19 heavy (non-hydrogen) atoms. The van der Waals surface area contributed by atoms with Gasteiger partial charge in [0.15, 0.2) is 0 Å². The lowest BCUT2D eigenvalue weighted by Crippen LogP contribution is -2.34. The maximum atomic E-state index is 12.3. The molecular formula is C12H21N3O3S. The Morgan fingerprint density at radius 3 is 2.84 bits per heavy atom. The number of aromatic nitrogens is 2. The lowest BCUT2D eigenvalue weighted by atomic mass is 9.86. The van der Waals surface area contributed by atoms with Crippen LogP contribution in [0.3, 0.4) is 0 Å². The second-order valence-electron chi connectivity index (χ2n) is 5.10. The highest BCUT2D eigenvalue weighted by Gasteiger charge is 2.27. The average Bonchev–Trinajstić information content (AvgIpc) is 2.80. The minimum absolute atomic E-state index is 0.0729. The van der Waals surface area contributed by atoms with Crippen molar-refractivity contribution in [1.29, 1.82) is 0 Å². The van der Waals surface area contributed by atoms with E-state index in [4.69, 9.17) is 5.11 Å². The van der Waals surface area contributed by atoms with Crippen LogP contribution in [0.4, 0.5) is 0 Å². The lowest BCUT2D eigenvalue weighted by Gasteiger charge is -2.29. The Labute approximate surface area is 114 Å². The van der Waals surface area contributed by atoms with Gasteiger partial charge in [-0.3, -0.25) is 4.68 Å². The van der Waals surface area contributed by atoms with Gasteiger partial charge in [0.2, 0.25) is 10.0 Å². The zero-order valence-corrected chi connectivity index (χ0v) is 12.0. The molecule has 108 valence electrons. The van der Waals surface area contributed by atoms with Gasteiger partial charge in [0.25, 0.3) is 0 Å². The van der Waals surface area contributed by atoms with Crippen molar-refractivity contribution in [2.45, 2.75) is 37.1 Å². The molecule has 1 aliphatic carbocycles. The molecule has 1 heterocycles. The van der Waals surface area contributed by atoms with Crippen LogP contribution in [0.2, 0.25) is 0 Å². The Morgan fingerprint density at radius 1 is 1.53 bits per heavy atom. The molecule has 6 nitrogen and oxygen atoms in total. The van der Waals surface area contributed by atoms with Crippen molar-refractivity contribution in [3.05, 3.63) is 12.4 Å². The third-order valence-electron chi connectivity index (χ3n) is 3.60. The normalized spacial score (nSPS) is 16.8. The molecular weight excluding hydrogens is 266 g/mol. The van der Waals surface area contributed by atoms with Crippen molar-refractivity contribution in [2.75, 3.05) is 20.2 Å². The SMILES string of the molecule is CN(CC1CCC1)S(=O)(=O)c1cnn(CCCO)c1. The van der Waals surface area contributed by atoms with Crippen LogP contribution in [0, 0.1) is 5.92 Å². The average molecular weight is 287 g/mol. The van der Waals surface area contributed by atoms with Crippen molar-refractivity contribution in [3.8, 4) is 0 Å². The molecule has 1 aromatic rings. The maximum absolute atomic E-state index is 12.3. The van der Waals surface area contributed by atoms with Crippen LogP contribution in [0.5, 0.6) is 0 Å². The van der Waals surface area contributed by atoms with E-state index in [0.29, 0.717) is 25.4 Å². The molecule has 0 spiro atoms. The lowest BCUT2D eigenvalue weighted by molar-refractivity contribution is 0.263. The van der Waals surface area contributed by atoms with Crippen LogP contribution in [0.1, 0.15) is 25.7 Å². The summed E-state index contributed by atoms with van der Waals surface area (Å²) in [5.41, 5.74) is 0. The number of rotatable bonds is 7. The van der Waals surface area contributed by atoms with Gasteiger partial charge in [-0.1, -0.05) is 6.42 Å². The minimum Gasteiger partial charge on any atom is -0.396 e. The Balaban J connectivity index is 2.02. The topological polar surface area (TPSA) is 75.4 Å². The van der Waals surface area contributed by atoms with E-state index in [0.717, 1.165) is 12.8 Å². The fourth-order valence-electron chi connectivity index (χ4n) is 2.15. The minimum atomic E-state index is -3.43. The van der Waals surface area contributed by atoms with Crippen LogP contribution < -0.4 is 0 Å². The number of aryl methyl sites for hydroxylation is 1. The highest BCUT2D eigenvalue weighted by molar-refractivity contribution is 7.89. The summed E-state index contributed by atoms with van der Waals surface area (Å²) in [4.78, 5) is 0.229. The predicted octanol–water partition coefficient (Wildman–Crippen LogP) is 0.686. The van der Waals surface area contributed by atoms with Crippen molar-refractivity contribution in [2.24, 2.45) is 5.92 Å². The molecule has 1 N–H and O–H groups in total. The van der Waals surface area contributed by atoms with E-state index in [2.05, 4.69) is 5.10 Å². The van der Waals surface area contributed by atoms with Crippen molar-refractivity contribution in [3.63, 3.8) is 0 Å². The van der Waals surface area contributed by atoms with Gasteiger partial charge in [-0.25, -0.2) is 12.7 Å². The number of hydrogen-bond acceptors (Lipinski definition) is 4. The summed E-state index contributed by atoms with van der Waals surface area (Å²) in [6, 6.07) is 0. The molecule has 0 bridgehead atoms. The van der Waals surface area contributed by atoms with Crippen molar-refractivity contribution >= 4 is 10.0 Å². The van der Waals surface area contributed by atoms with E-state index < -0.39 is 10.0 Å². The summed E-state index contributed by atoms with van der Waals surface area (Å²) in [5, 5.41) is 12.8. The number of hydrogen-bond donors (Lipinski definition) is 1. The van der Waals surface area contributed by atoms with E-state index in [1.807, 2.05) is 0 Å². The van der Waals surface area contributed by atoms with Gasteiger partial charge >= 0.3 is 0 Å². The van der Waals surface area contributed by atoms with Crippen LogP contribution >= 0.6 is 0 Å². The van der Waals surface area contributed by atoms with Crippen molar-refractivity contribution in [1.82, 2.24) is 14.1 Å². The predicted molar refractivity (Wildman–Crippen MR) is 71.1 cm³/mol. The molecule has 7 heteroatoms. The second-order valence-corrected chi connectivity index (χ2v) is 7.14. The molecule has 1 fully saturated rings. The zero-order valence-electron chi connectivity index (χ0n) is 11.2. The molecule has 0 amide bonds. The van der Waals surface area contributed by atoms with Crippen LogP contribution in [-0.2, 0) is 16.6 Å². The standard InChI is InChI=1S/C12H21N3O3S/c1-14(9-11-4-2-5-11)19(17,18)12-8-13-15(10-12)6-3-7-16/h8,10-11,16H,2-7,9H2,1H3. The maximum Gasteiger partial charge on any atom is 0.245 e.